The van der Waals surface area contributed by atoms with Crippen LogP contribution >= 0.6 is 0 Å². The van der Waals surface area contributed by atoms with Crippen molar-refractivity contribution in [2.45, 2.75) is 20.8 Å². The van der Waals surface area contributed by atoms with E-state index in [4.69, 9.17) is 19.3 Å². The summed E-state index contributed by atoms with van der Waals surface area (Å²) in [6, 6.07) is 23.0. The summed E-state index contributed by atoms with van der Waals surface area (Å²) < 4.78 is 0. The molecule has 0 aliphatic rings. The van der Waals surface area contributed by atoms with Gasteiger partial charge in [0.25, 0.3) is 0 Å². The molecule has 0 saturated carbocycles. The third-order valence-corrected chi connectivity index (χ3v) is 6.40. The molecule has 4 rings (SSSR count). The summed E-state index contributed by atoms with van der Waals surface area (Å²) >= 11 is 0. The molecule has 4 aromatic carbocycles. The first kappa shape index (κ1) is 26.3. The van der Waals surface area contributed by atoms with Gasteiger partial charge in [-0.25, -0.2) is 0 Å². The van der Waals surface area contributed by atoms with Crippen LogP contribution in [-0.4, -0.2) is 0 Å². The lowest BCUT2D eigenvalue weighted by Gasteiger charge is -2.14. The van der Waals surface area contributed by atoms with Gasteiger partial charge in [0, 0.05) is 50.1 Å². The van der Waals surface area contributed by atoms with E-state index in [9.17, 15) is 0 Å². The number of benzene rings is 4. The normalized spacial score (nSPS) is 9.23. The summed E-state index contributed by atoms with van der Waals surface area (Å²) in [4.78, 5) is 0. The van der Waals surface area contributed by atoms with E-state index in [1.807, 2.05) is 72.8 Å². The molecule has 0 atom stereocenters. The minimum Gasteiger partial charge on any atom is -0.115 e. The fourth-order valence-corrected chi connectivity index (χ4v) is 4.13. The molecule has 0 aliphatic carbocycles. The molecule has 4 aromatic rings. The standard InChI is InChI=1S/C39H24/c1-7-31-10-16-34(17-11-31)22-25-37-28(4)38(26-23-35-18-12-32(8-2)13-19-35)30(6)39(29(37)5)27-24-36-20-14-33(9-3)15-21-36/h1-3,10-21H,4-6H3. The average molecular weight is 493 g/mol. The number of rotatable bonds is 0. The van der Waals surface area contributed by atoms with E-state index in [1.165, 1.54) is 0 Å². The Morgan fingerprint density at radius 1 is 0.333 bits per heavy atom. The first-order valence-electron chi connectivity index (χ1n) is 12.3. The van der Waals surface area contributed by atoms with Gasteiger partial charge >= 0.3 is 0 Å². The van der Waals surface area contributed by atoms with E-state index in [-0.39, 0.29) is 0 Å². The van der Waals surface area contributed by atoms with Crippen molar-refractivity contribution in [1.29, 1.82) is 0 Å². The summed E-state index contributed by atoms with van der Waals surface area (Å²) in [6.45, 7) is 6.19. The van der Waals surface area contributed by atoms with Crippen molar-refractivity contribution >= 4 is 0 Å². The van der Waals surface area contributed by atoms with Gasteiger partial charge in [0.15, 0.2) is 0 Å². The smallest absolute Gasteiger partial charge is 0.0332 e. The minimum atomic E-state index is 0.823. The molecule has 0 heteroatoms. The van der Waals surface area contributed by atoms with Crippen molar-refractivity contribution in [1.82, 2.24) is 0 Å². The molecule has 180 valence electrons. The van der Waals surface area contributed by atoms with Gasteiger partial charge < -0.3 is 0 Å². The topological polar surface area (TPSA) is 0 Å². The van der Waals surface area contributed by atoms with Crippen LogP contribution in [0.4, 0.5) is 0 Å². The van der Waals surface area contributed by atoms with E-state index in [0.29, 0.717) is 0 Å². The second kappa shape index (κ2) is 12.0. The van der Waals surface area contributed by atoms with Crippen LogP contribution in [-0.2, 0) is 0 Å². The van der Waals surface area contributed by atoms with Crippen LogP contribution in [0.3, 0.4) is 0 Å². The molecule has 0 aliphatic heterocycles. The molecule has 0 bridgehead atoms. The van der Waals surface area contributed by atoms with Gasteiger partial charge in [0.2, 0.25) is 0 Å². The molecule has 0 nitrogen and oxygen atoms in total. The maximum atomic E-state index is 5.49. The highest BCUT2D eigenvalue weighted by Gasteiger charge is 2.14. The van der Waals surface area contributed by atoms with Crippen LogP contribution in [0.5, 0.6) is 0 Å². The minimum absolute atomic E-state index is 0.823. The Bertz CT molecular complexity index is 1620. The van der Waals surface area contributed by atoms with Crippen molar-refractivity contribution in [3.8, 4) is 72.6 Å². The molecule has 39 heavy (non-hydrogen) atoms. The summed E-state index contributed by atoms with van der Waals surface area (Å²) in [5, 5.41) is 0. The second-order valence-electron chi connectivity index (χ2n) is 8.92. The Balaban J connectivity index is 1.86. The maximum absolute atomic E-state index is 5.49. The van der Waals surface area contributed by atoms with Crippen molar-refractivity contribution in [3.05, 3.63) is 140 Å². The van der Waals surface area contributed by atoms with Gasteiger partial charge in [0.1, 0.15) is 0 Å². The third-order valence-electron chi connectivity index (χ3n) is 6.40. The van der Waals surface area contributed by atoms with Gasteiger partial charge in [-0.1, -0.05) is 53.3 Å². The number of hydrogen-bond acceptors (Lipinski definition) is 0. The second-order valence-corrected chi connectivity index (χ2v) is 8.92. The Morgan fingerprint density at radius 2 is 0.538 bits per heavy atom. The van der Waals surface area contributed by atoms with Crippen molar-refractivity contribution in [3.63, 3.8) is 0 Å². The van der Waals surface area contributed by atoms with Gasteiger partial charge in [-0.2, -0.15) is 0 Å². The van der Waals surface area contributed by atoms with Gasteiger partial charge in [-0.3, -0.25) is 0 Å². The summed E-state index contributed by atoms with van der Waals surface area (Å²) in [7, 11) is 0. The Morgan fingerprint density at radius 3 is 0.744 bits per heavy atom. The largest absolute Gasteiger partial charge is 0.115 e. The van der Waals surface area contributed by atoms with Crippen molar-refractivity contribution in [2.75, 3.05) is 0 Å². The van der Waals surface area contributed by atoms with E-state index in [1.54, 1.807) is 0 Å². The monoisotopic (exact) mass is 492 g/mol. The van der Waals surface area contributed by atoms with Crippen LogP contribution < -0.4 is 0 Å². The number of terminal acetylenes is 3. The lowest BCUT2D eigenvalue weighted by atomic mass is 9.88. The molecule has 0 heterocycles. The van der Waals surface area contributed by atoms with Crippen LogP contribution in [0.1, 0.15) is 66.8 Å². The van der Waals surface area contributed by atoms with E-state index in [0.717, 1.165) is 66.8 Å². The quantitative estimate of drug-likeness (QED) is 0.238. The molecule has 0 spiro atoms. The average Bonchev–Trinajstić information content (AvgIpc) is 2.97. The number of hydrogen-bond donors (Lipinski definition) is 0. The molecule has 0 radical (unpaired) electrons. The fourth-order valence-electron chi connectivity index (χ4n) is 4.13. The van der Waals surface area contributed by atoms with Crippen LogP contribution in [0.2, 0.25) is 0 Å². The fraction of sp³-hybridized carbons (Fsp3) is 0.0769. The van der Waals surface area contributed by atoms with Crippen LogP contribution in [0.25, 0.3) is 0 Å². The molecule has 0 saturated heterocycles. The van der Waals surface area contributed by atoms with Gasteiger partial charge in [0.05, 0.1) is 0 Å². The van der Waals surface area contributed by atoms with E-state index in [2.05, 4.69) is 74.1 Å². The third kappa shape index (κ3) is 6.15. The van der Waals surface area contributed by atoms with Crippen LogP contribution in [0.15, 0.2) is 72.8 Å². The molecule has 0 unspecified atom stereocenters. The predicted octanol–water partition coefficient (Wildman–Crippen LogP) is 6.76. The highest BCUT2D eigenvalue weighted by Crippen LogP contribution is 2.26. The SMILES string of the molecule is C#Cc1ccc(C#Cc2c(C)c(C#Cc3ccc(C#C)cc3)c(C)c(C#Cc3ccc(C#C)cc3)c2C)cc1. The molecule has 0 fully saturated rings. The molecule has 0 amide bonds. The molecular weight excluding hydrogens is 468 g/mol. The van der Waals surface area contributed by atoms with E-state index >= 15 is 0 Å². The Hall–Kier alpha value is -5.76. The van der Waals surface area contributed by atoms with Gasteiger partial charge in [-0.15, -0.1) is 19.3 Å². The zero-order valence-corrected chi connectivity index (χ0v) is 22.2. The molecular formula is C39H24. The zero-order valence-electron chi connectivity index (χ0n) is 22.2. The summed E-state index contributed by atoms with van der Waals surface area (Å²) in [5.41, 5.74) is 10.9. The van der Waals surface area contributed by atoms with Gasteiger partial charge in [-0.05, 0) is 110 Å². The maximum Gasteiger partial charge on any atom is 0.0332 e. The first-order valence-corrected chi connectivity index (χ1v) is 12.3. The lowest BCUT2D eigenvalue weighted by molar-refractivity contribution is 1.25. The van der Waals surface area contributed by atoms with Crippen LogP contribution in [0, 0.1) is 93.3 Å². The summed E-state index contributed by atoms with van der Waals surface area (Å²) in [5.74, 6) is 27.9. The summed E-state index contributed by atoms with van der Waals surface area (Å²) in [6.07, 6.45) is 16.5. The Labute approximate surface area is 232 Å². The highest BCUT2D eigenvalue weighted by atomic mass is 14.2. The first-order chi connectivity index (χ1) is 18.9. The molecule has 0 aromatic heterocycles. The Kier molecular flexibility index (Phi) is 8.08. The highest BCUT2D eigenvalue weighted by molar-refractivity contribution is 5.67. The van der Waals surface area contributed by atoms with Crippen molar-refractivity contribution < 1.29 is 0 Å². The molecule has 0 N–H and O–H groups in total. The van der Waals surface area contributed by atoms with E-state index < -0.39 is 0 Å². The lowest BCUT2D eigenvalue weighted by Crippen LogP contribution is -2.02. The predicted molar refractivity (Wildman–Crippen MR) is 162 cm³/mol. The van der Waals surface area contributed by atoms with Crippen molar-refractivity contribution in [2.24, 2.45) is 0 Å². The zero-order chi connectivity index (χ0) is 27.8.